The summed E-state index contributed by atoms with van der Waals surface area (Å²) in [5.74, 6) is 0. The van der Waals surface area contributed by atoms with Crippen LogP contribution in [0.25, 0.3) is 0 Å². The third-order valence-electron chi connectivity index (χ3n) is 2.19. The first kappa shape index (κ1) is 7.77. The summed E-state index contributed by atoms with van der Waals surface area (Å²) in [6.07, 6.45) is 0.318. The Morgan fingerprint density at radius 2 is 2.00 bits per heavy atom. The fourth-order valence-electron chi connectivity index (χ4n) is 1.54. The van der Waals surface area contributed by atoms with Gasteiger partial charge in [-0.25, -0.2) is 0 Å². The monoisotopic (exact) mass is 164 g/mol. The van der Waals surface area contributed by atoms with Crippen LogP contribution < -0.4 is 0 Å². The minimum atomic E-state index is -0.326. The average molecular weight is 164 g/mol. The summed E-state index contributed by atoms with van der Waals surface area (Å²) in [6, 6.07) is 9.86. The van der Waals surface area contributed by atoms with Gasteiger partial charge >= 0.3 is 0 Å². The summed E-state index contributed by atoms with van der Waals surface area (Å²) in [5.41, 5.74) is 1.07. The molecule has 0 aliphatic carbocycles. The highest BCUT2D eigenvalue weighted by Crippen LogP contribution is 2.28. The predicted molar refractivity (Wildman–Crippen MR) is 45.8 cm³/mol. The first-order valence-electron chi connectivity index (χ1n) is 4.22. The van der Waals surface area contributed by atoms with Crippen LogP contribution in [0.2, 0.25) is 0 Å². The molecule has 2 atom stereocenters. The largest absolute Gasteiger partial charge is 0.390 e. The lowest BCUT2D eigenvalue weighted by Crippen LogP contribution is -2.11. The lowest BCUT2D eigenvalue weighted by Gasteiger charge is -2.13. The first-order chi connectivity index (χ1) is 5.88. The number of rotatable bonds is 1. The zero-order valence-corrected chi connectivity index (χ0v) is 6.81. The Bertz CT molecular complexity index is 245. The number of aliphatic hydroxyl groups is 1. The van der Waals surface area contributed by atoms with Gasteiger partial charge in [0.1, 0.15) is 6.10 Å². The third kappa shape index (κ3) is 1.36. The van der Waals surface area contributed by atoms with Crippen molar-refractivity contribution in [3.8, 4) is 0 Å². The Kier molecular flexibility index (Phi) is 2.11. The molecule has 1 heterocycles. The van der Waals surface area contributed by atoms with Crippen LogP contribution >= 0.6 is 0 Å². The Morgan fingerprint density at radius 3 is 2.58 bits per heavy atom. The van der Waals surface area contributed by atoms with Crippen LogP contribution in [0.3, 0.4) is 0 Å². The van der Waals surface area contributed by atoms with Gasteiger partial charge in [0.2, 0.25) is 0 Å². The zero-order chi connectivity index (χ0) is 8.39. The maximum absolute atomic E-state index is 9.52. The highest BCUT2D eigenvalue weighted by Gasteiger charge is 2.27. The molecule has 0 saturated carbocycles. The van der Waals surface area contributed by atoms with Gasteiger partial charge in [0.05, 0.1) is 12.7 Å². The molecule has 2 heteroatoms. The van der Waals surface area contributed by atoms with Crippen LogP contribution in [0, 0.1) is 0 Å². The van der Waals surface area contributed by atoms with Gasteiger partial charge in [-0.2, -0.15) is 0 Å². The van der Waals surface area contributed by atoms with E-state index >= 15 is 0 Å². The molecule has 1 aromatic carbocycles. The van der Waals surface area contributed by atoms with Gasteiger partial charge < -0.3 is 9.84 Å². The molecule has 0 bridgehead atoms. The zero-order valence-electron chi connectivity index (χ0n) is 6.81. The van der Waals surface area contributed by atoms with Gasteiger partial charge in [0.25, 0.3) is 0 Å². The predicted octanol–water partition coefficient (Wildman–Crippen LogP) is 1.51. The van der Waals surface area contributed by atoms with Gasteiger partial charge in [0.15, 0.2) is 0 Å². The quantitative estimate of drug-likeness (QED) is 0.681. The van der Waals surface area contributed by atoms with Gasteiger partial charge in [-0.05, 0) is 12.0 Å². The second kappa shape index (κ2) is 3.25. The van der Waals surface area contributed by atoms with Crippen molar-refractivity contribution in [2.45, 2.75) is 18.6 Å². The molecule has 0 unspecified atom stereocenters. The van der Waals surface area contributed by atoms with Crippen molar-refractivity contribution in [2.24, 2.45) is 0 Å². The van der Waals surface area contributed by atoms with Gasteiger partial charge in [-0.15, -0.1) is 0 Å². The first-order valence-corrected chi connectivity index (χ1v) is 4.22. The summed E-state index contributed by atoms with van der Waals surface area (Å²) in [7, 11) is 0. The van der Waals surface area contributed by atoms with Crippen LogP contribution in [0.1, 0.15) is 18.1 Å². The van der Waals surface area contributed by atoms with Crippen LogP contribution in [0.5, 0.6) is 0 Å². The maximum Gasteiger partial charge on any atom is 0.108 e. The van der Waals surface area contributed by atoms with E-state index in [4.69, 9.17) is 4.74 Å². The fourth-order valence-corrected chi connectivity index (χ4v) is 1.54. The van der Waals surface area contributed by atoms with Crippen LogP contribution in [0.4, 0.5) is 0 Å². The molecule has 12 heavy (non-hydrogen) atoms. The Balaban J connectivity index is 2.19. The SMILES string of the molecule is O[C@@H]1CCO[C@@H]1c1ccccc1. The highest BCUT2D eigenvalue weighted by atomic mass is 16.5. The molecule has 1 aromatic rings. The van der Waals surface area contributed by atoms with Crippen molar-refractivity contribution in [1.29, 1.82) is 0 Å². The second-order valence-electron chi connectivity index (χ2n) is 3.06. The molecule has 0 amide bonds. The molecule has 1 fully saturated rings. The number of hydrogen-bond donors (Lipinski definition) is 1. The lowest BCUT2D eigenvalue weighted by molar-refractivity contribution is 0.0418. The van der Waals surface area contributed by atoms with Crippen molar-refractivity contribution < 1.29 is 9.84 Å². The molecule has 2 nitrogen and oxygen atoms in total. The molecule has 1 aliphatic rings. The van der Waals surface area contributed by atoms with Crippen molar-refractivity contribution in [3.05, 3.63) is 35.9 Å². The van der Waals surface area contributed by atoms with Crippen molar-refractivity contribution in [1.82, 2.24) is 0 Å². The molecular formula is C10H12O2. The van der Waals surface area contributed by atoms with Gasteiger partial charge in [-0.1, -0.05) is 30.3 Å². The van der Waals surface area contributed by atoms with E-state index in [1.54, 1.807) is 0 Å². The highest BCUT2D eigenvalue weighted by molar-refractivity contribution is 5.19. The summed E-state index contributed by atoms with van der Waals surface area (Å²) in [6.45, 7) is 0.667. The smallest absolute Gasteiger partial charge is 0.108 e. The number of aliphatic hydroxyl groups excluding tert-OH is 1. The molecule has 64 valence electrons. The molecule has 0 radical (unpaired) electrons. The molecule has 2 rings (SSSR count). The third-order valence-corrected chi connectivity index (χ3v) is 2.19. The van der Waals surface area contributed by atoms with E-state index < -0.39 is 0 Å². The van der Waals surface area contributed by atoms with Gasteiger partial charge in [-0.3, -0.25) is 0 Å². The second-order valence-corrected chi connectivity index (χ2v) is 3.06. The molecule has 1 saturated heterocycles. The maximum atomic E-state index is 9.52. The Morgan fingerprint density at radius 1 is 1.25 bits per heavy atom. The summed E-state index contributed by atoms with van der Waals surface area (Å²) in [4.78, 5) is 0. The molecule has 0 spiro atoms. The lowest BCUT2D eigenvalue weighted by atomic mass is 10.1. The normalized spacial score (nSPS) is 29.1. The van der Waals surface area contributed by atoms with Crippen molar-refractivity contribution in [2.75, 3.05) is 6.61 Å². The van der Waals surface area contributed by atoms with Gasteiger partial charge in [0, 0.05) is 0 Å². The summed E-state index contributed by atoms with van der Waals surface area (Å²) >= 11 is 0. The van der Waals surface area contributed by atoms with E-state index in [0.29, 0.717) is 6.61 Å². The number of ether oxygens (including phenoxy) is 1. The van der Waals surface area contributed by atoms with Crippen molar-refractivity contribution in [3.63, 3.8) is 0 Å². The van der Waals surface area contributed by atoms with E-state index in [1.807, 2.05) is 30.3 Å². The molecular weight excluding hydrogens is 152 g/mol. The Hall–Kier alpha value is -0.860. The van der Waals surface area contributed by atoms with E-state index in [1.165, 1.54) is 0 Å². The minimum Gasteiger partial charge on any atom is -0.390 e. The molecule has 1 aliphatic heterocycles. The topological polar surface area (TPSA) is 29.5 Å². The van der Waals surface area contributed by atoms with Crippen LogP contribution in [-0.4, -0.2) is 17.8 Å². The van der Waals surface area contributed by atoms with E-state index in [0.717, 1.165) is 12.0 Å². The van der Waals surface area contributed by atoms with Crippen LogP contribution in [0.15, 0.2) is 30.3 Å². The fraction of sp³-hybridized carbons (Fsp3) is 0.400. The average Bonchev–Trinajstić information content (AvgIpc) is 2.53. The van der Waals surface area contributed by atoms with E-state index in [9.17, 15) is 5.11 Å². The number of hydrogen-bond acceptors (Lipinski definition) is 2. The Labute approximate surface area is 71.8 Å². The molecule has 1 N–H and O–H groups in total. The summed E-state index contributed by atoms with van der Waals surface area (Å²) in [5, 5.41) is 9.52. The number of benzene rings is 1. The van der Waals surface area contributed by atoms with E-state index in [2.05, 4.69) is 0 Å². The van der Waals surface area contributed by atoms with Crippen LogP contribution in [-0.2, 0) is 4.74 Å². The standard InChI is InChI=1S/C10H12O2/c11-9-6-7-12-10(9)8-4-2-1-3-5-8/h1-5,9-11H,6-7H2/t9-,10-/m1/s1. The van der Waals surface area contributed by atoms with E-state index in [-0.39, 0.29) is 12.2 Å². The summed E-state index contributed by atoms with van der Waals surface area (Å²) < 4.78 is 5.40. The van der Waals surface area contributed by atoms with Crippen molar-refractivity contribution >= 4 is 0 Å². The molecule has 0 aromatic heterocycles. The minimum absolute atomic E-state index is 0.105.